The van der Waals surface area contributed by atoms with E-state index in [4.69, 9.17) is 4.74 Å². The molecule has 0 radical (unpaired) electrons. The van der Waals surface area contributed by atoms with Gasteiger partial charge in [-0.25, -0.2) is 4.39 Å². The van der Waals surface area contributed by atoms with Gasteiger partial charge < -0.3 is 9.84 Å². The Kier molecular flexibility index (Phi) is 3.35. The van der Waals surface area contributed by atoms with Crippen molar-refractivity contribution in [1.29, 1.82) is 0 Å². The molecule has 0 fully saturated rings. The molecule has 0 amide bonds. The monoisotopic (exact) mass is 233 g/mol. The summed E-state index contributed by atoms with van der Waals surface area (Å²) in [5.41, 5.74) is 0.547. The van der Waals surface area contributed by atoms with E-state index in [0.717, 1.165) is 0 Å². The molecule has 0 aliphatic carbocycles. The number of hydrogen-bond donors (Lipinski definition) is 1. The molecule has 0 unspecified atom stereocenters. The van der Waals surface area contributed by atoms with Gasteiger partial charge in [-0.15, -0.1) is 0 Å². The van der Waals surface area contributed by atoms with Crippen LogP contribution >= 0.6 is 0 Å². The normalized spacial score (nSPS) is 12.2. The van der Waals surface area contributed by atoms with E-state index in [9.17, 15) is 9.50 Å². The van der Waals surface area contributed by atoms with E-state index in [0.29, 0.717) is 11.4 Å². The van der Waals surface area contributed by atoms with Crippen molar-refractivity contribution in [2.24, 2.45) is 0 Å². The maximum absolute atomic E-state index is 13.3. The molecule has 17 heavy (non-hydrogen) atoms. The van der Waals surface area contributed by atoms with Gasteiger partial charge in [0.05, 0.1) is 18.0 Å². The zero-order valence-electron chi connectivity index (χ0n) is 9.30. The van der Waals surface area contributed by atoms with Gasteiger partial charge in [-0.1, -0.05) is 12.1 Å². The largest absolute Gasteiger partial charge is 0.453 e. The molecule has 3 nitrogen and oxygen atoms in total. The van der Waals surface area contributed by atoms with Crippen LogP contribution in [0.1, 0.15) is 18.7 Å². The number of hydrogen-bond acceptors (Lipinski definition) is 3. The third-order valence-corrected chi connectivity index (χ3v) is 2.25. The van der Waals surface area contributed by atoms with Crippen molar-refractivity contribution < 1.29 is 14.2 Å². The van der Waals surface area contributed by atoms with Crippen molar-refractivity contribution in [1.82, 2.24) is 4.98 Å². The van der Waals surface area contributed by atoms with E-state index in [2.05, 4.69) is 4.98 Å². The van der Waals surface area contributed by atoms with Gasteiger partial charge in [0.15, 0.2) is 11.6 Å². The van der Waals surface area contributed by atoms with Crippen LogP contribution in [0.15, 0.2) is 42.6 Å². The highest BCUT2D eigenvalue weighted by atomic mass is 19.1. The minimum Gasteiger partial charge on any atom is -0.453 e. The lowest BCUT2D eigenvalue weighted by molar-refractivity contribution is 0.194. The molecule has 1 atom stereocenters. The molecule has 1 N–H and O–H groups in total. The molecule has 0 saturated heterocycles. The molecule has 4 heteroatoms. The Morgan fingerprint density at radius 3 is 2.59 bits per heavy atom. The second kappa shape index (κ2) is 4.93. The molecule has 0 spiro atoms. The number of pyridine rings is 1. The molecule has 88 valence electrons. The minimum atomic E-state index is -0.627. The fourth-order valence-corrected chi connectivity index (χ4v) is 1.35. The highest BCUT2D eigenvalue weighted by Gasteiger charge is 2.05. The Balaban J connectivity index is 2.17. The van der Waals surface area contributed by atoms with Crippen molar-refractivity contribution in [3.8, 4) is 11.5 Å². The highest BCUT2D eigenvalue weighted by Crippen LogP contribution is 2.24. The molecule has 2 aromatic rings. The summed E-state index contributed by atoms with van der Waals surface area (Å²) in [6.45, 7) is 1.62. The van der Waals surface area contributed by atoms with Gasteiger partial charge in [0, 0.05) is 0 Å². The topological polar surface area (TPSA) is 42.4 Å². The van der Waals surface area contributed by atoms with Crippen LogP contribution in [0.4, 0.5) is 4.39 Å². The van der Waals surface area contributed by atoms with Gasteiger partial charge in [0.2, 0.25) is 0 Å². The lowest BCUT2D eigenvalue weighted by Gasteiger charge is -2.07. The van der Waals surface area contributed by atoms with E-state index in [1.54, 1.807) is 31.2 Å². The Labute approximate surface area is 98.5 Å². The third kappa shape index (κ3) is 2.79. The number of rotatable bonds is 3. The number of nitrogens with zero attached hydrogens (tertiary/aromatic N) is 1. The molecule has 1 heterocycles. The van der Waals surface area contributed by atoms with Crippen LogP contribution in [0.3, 0.4) is 0 Å². The van der Waals surface area contributed by atoms with Crippen molar-refractivity contribution >= 4 is 0 Å². The van der Waals surface area contributed by atoms with Crippen LogP contribution in [0.2, 0.25) is 0 Å². The lowest BCUT2D eigenvalue weighted by Crippen LogP contribution is -1.95. The molecular weight excluding hydrogens is 221 g/mol. The first-order chi connectivity index (χ1) is 8.16. The summed E-state index contributed by atoms with van der Waals surface area (Å²) in [6.07, 6.45) is 0.826. The van der Waals surface area contributed by atoms with Crippen LogP contribution in [0.25, 0.3) is 0 Å². The zero-order chi connectivity index (χ0) is 12.3. The number of ether oxygens (including phenoxy) is 1. The first-order valence-electron chi connectivity index (χ1n) is 5.23. The quantitative estimate of drug-likeness (QED) is 0.885. The van der Waals surface area contributed by atoms with E-state index >= 15 is 0 Å². The molecule has 1 aromatic carbocycles. The molecule has 0 saturated carbocycles. The molecule has 0 bridgehead atoms. The summed E-state index contributed by atoms with van der Waals surface area (Å²) >= 11 is 0. The number of halogens is 1. The molecular formula is C13H12FNO2. The van der Waals surface area contributed by atoms with Crippen molar-refractivity contribution in [2.75, 3.05) is 0 Å². The smallest absolute Gasteiger partial charge is 0.165 e. The predicted octanol–water partition coefficient (Wildman–Crippen LogP) is 3.07. The Morgan fingerprint density at radius 2 is 2.00 bits per heavy atom. The second-order valence-electron chi connectivity index (χ2n) is 3.63. The number of aromatic nitrogens is 1. The minimum absolute atomic E-state index is 0.152. The average Bonchev–Trinajstić information content (AvgIpc) is 2.33. The van der Waals surface area contributed by atoms with E-state index in [1.165, 1.54) is 18.3 Å². The molecule has 0 aliphatic rings. The number of para-hydroxylation sites is 1. The first kappa shape index (κ1) is 11.5. The van der Waals surface area contributed by atoms with Gasteiger partial charge in [-0.3, -0.25) is 4.98 Å². The summed E-state index contributed by atoms with van der Waals surface area (Å²) < 4.78 is 18.6. The van der Waals surface area contributed by atoms with Crippen LogP contribution in [0, 0.1) is 5.82 Å². The Bertz CT molecular complexity index is 497. The fourth-order valence-electron chi connectivity index (χ4n) is 1.35. The summed E-state index contributed by atoms with van der Waals surface area (Å²) in [5.74, 6) is 0.158. The predicted molar refractivity (Wildman–Crippen MR) is 61.3 cm³/mol. The zero-order valence-corrected chi connectivity index (χ0v) is 9.30. The van der Waals surface area contributed by atoms with Gasteiger partial charge in [0.25, 0.3) is 0 Å². The maximum atomic E-state index is 13.3. The van der Waals surface area contributed by atoms with Crippen LogP contribution in [-0.4, -0.2) is 10.1 Å². The number of benzene rings is 1. The van der Waals surface area contributed by atoms with Crippen LogP contribution in [-0.2, 0) is 0 Å². The summed E-state index contributed by atoms with van der Waals surface area (Å²) in [6, 6.07) is 9.43. The SMILES string of the molecule is C[C@@H](O)c1ccc(Oc2ccccc2F)cn1. The lowest BCUT2D eigenvalue weighted by atomic mass is 10.2. The Hall–Kier alpha value is -1.94. The van der Waals surface area contributed by atoms with Crippen molar-refractivity contribution in [3.05, 3.63) is 54.1 Å². The van der Waals surface area contributed by atoms with Gasteiger partial charge in [0.1, 0.15) is 5.75 Å². The van der Waals surface area contributed by atoms with Crippen molar-refractivity contribution in [2.45, 2.75) is 13.0 Å². The van der Waals surface area contributed by atoms with E-state index in [-0.39, 0.29) is 5.75 Å². The maximum Gasteiger partial charge on any atom is 0.165 e. The molecule has 2 rings (SSSR count). The van der Waals surface area contributed by atoms with Crippen LogP contribution in [0.5, 0.6) is 11.5 Å². The van der Waals surface area contributed by atoms with E-state index in [1.807, 2.05) is 0 Å². The molecule has 0 aliphatic heterocycles. The summed E-state index contributed by atoms with van der Waals surface area (Å²) in [7, 11) is 0. The van der Waals surface area contributed by atoms with Crippen molar-refractivity contribution in [3.63, 3.8) is 0 Å². The number of aliphatic hydroxyl groups is 1. The Morgan fingerprint density at radius 1 is 1.24 bits per heavy atom. The van der Waals surface area contributed by atoms with Crippen LogP contribution < -0.4 is 4.74 Å². The fraction of sp³-hybridized carbons (Fsp3) is 0.154. The van der Waals surface area contributed by atoms with Gasteiger partial charge in [-0.05, 0) is 31.2 Å². The summed E-state index contributed by atoms with van der Waals surface area (Å²) in [5, 5.41) is 9.29. The van der Waals surface area contributed by atoms with Gasteiger partial charge >= 0.3 is 0 Å². The van der Waals surface area contributed by atoms with E-state index < -0.39 is 11.9 Å². The molecule has 1 aromatic heterocycles. The first-order valence-corrected chi connectivity index (χ1v) is 5.23. The second-order valence-corrected chi connectivity index (χ2v) is 3.63. The summed E-state index contributed by atoms with van der Waals surface area (Å²) in [4.78, 5) is 4.01. The standard InChI is InChI=1S/C13H12FNO2/c1-9(16)12-7-6-10(8-15-12)17-13-5-3-2-4-11(13)14/h2-9,16H,1H3/t9-/m1/s1. The average molecular weight is 233 g/mol. The third-order valence-electron chi connectivity index (χ3n) is 2.25. The van der Waals surface area contributed by atoms with Gasteiger partial charge in [-0.2, -0.15) is 0 Å². The highest BCUT2D eigenvalue weighted by molar-refractivity contribution is 5.31. The number of aliphatic hydroxyl groups excluding tert-OH is 1.